The van der Waals surface area contributed by atoms with Crippen molar-refractivity contribution in [2.75, 3.05) is 45.2 Å². The van der Waals surface area contributed by atoms with Gasteiger partial charge < -0.3 is 30.3 Å². The molecule has 2 aliphatic heterocycles. The summed E-state index contributed by atoms with van der Waals surface area (Å²) in [6.45, 7) is 4.07. The first-order valence-electron chi connectivity index (χ1n) is 14.0. The van der Waals surface area contributed by atoms with E-state index in [1.54, 1.807) is 32.5 Å². The fourth-order valence-corrected chi connectivity index (χ4v) is 5.65. The number of piperazine rings is 1. The van der Waals surface area contributed by atoms with E-state index in [9.17, 15) is 23.5 Å². The average molecular weight is 592 g/mol. The number of benzene rings is 2. The van der Waals surface area contributed by atoms with Crippen molar-refractivity contribution in [2.24, 2.45) is 0 Å². The number of methoxy groups -OCH3 is 1. The Morgan fingerprint density at radius 2 is 1.84 bits per heavy atom. The van der Waals surface area contributed by atoms with Gasteiger partial charge in [-0.15, -0.1) is 0 Å². The number of nitrogens with zero attached hydrogens (tertiary/aromatic N) is 5. The van der Waals surface area contributed by atoms with Crippen molar-refractivity contribution in [1.82, 2.24) is 29.5 Å². The molecule has 2 aliphatic rings. The third-order valence-electron chi connectivity index (χ3n) is 8.02. The highest BCUT2D eigenvalue weighted by Crippen LogP contribution is 2.31. The molecule has 2 aromatic heterocycles. The van der Waals surface area contributed by atoms with Gasteiger partial charge in [0.05, 0.1) is 25.1 Å². The summed E-state index contributed by atoms with van der Waals surface area (Å²) in [6.07, 6.45) is 4.45. The molecular weight excluding hydrogens is 560 g/mol. The van der Waals surface area contributed by atoms with Crippen molar-refractivity contribution < 1.29 is 28.2 Å². The number of aryl methyl sites for hydroxylation is 1. The molecule has 0 aliphatic carbocycles. The van der Waals surface area contributed by atoms with E-state index < -0.39 is 23.8 Å². The van der Waals surface area contributed by atoms with Crippen LogP contribution < -0.4 is 15.4 Å². The van der Waals surface area contributed by atoms with Crippen LogP contribution in [0.3, 0.4) is 0 Å². The van der Waals surface area contributed by atoms with Crippen molar-refractivity contribution in [3.63, 3.8) is 0 Å². The molecule has 2 atom stereocenters. The van der Waals surface area contributed by atoms with E-state index in [0.29, 0.717) is 67.6 Å². The maximum Gasteiger partial charge on any atom is 0.254 e. The first-order chi connectivity index (χ1) is 20.8. The number of hydrogen-bond acceptors (Lipinski definition) is 8. The lowest BCUT2D eigenvalue weighted by molar-refractivity contribution is -0.136. The standard InChI is InChI=1S/C30H31F2N7O4/c1-17-15-18(3-4-19(17)29(41)37-11-13-38(14-12-37)30(42)26-22(40)7-8-33-26)36-27-28-35-16-21(39(28)10-9-34-27)20-5-6-23(43-2)25(32)24(20)31/h3-6,9-10,15-16,22,26,33,40H,7-8,11-14H2,1-2H3,(H,34,36)/t22-,26+/m1/s1. The maximum absolute atomic E-state index is 14.8. The molecule has 0 bridgehead atoms. The summed E-state index contributed by atoms with van der Waals surface area (Å²) in [7, 11) is 1.27. The number of aromatic nitrogens is 3. The number of anilines is 2. The van der Waals surface area contributed by atoms with E-state index in [4.69, 9.17) is 4.74 Å². The molecule has 2 amide bonds. The van der Waals surface area contributed by atoms with Crippen molar-refractivity contribution in [2.45, 2.75) is 25.5 Å². The number of carbonyl (C=O) groups excluding carboxylic acids is 2. The Hall–Kier alpha value is -4.62. The first-order valence-corrected chi connectivity index (χ1v) is 14.0. The number of hydrogen-bond donors (Lipinski definition) is 3. The van der Waals surface area contributed by atoms with E-state index in [1.165, 1.54) is 31.6 Å². The Morgan fingerprint density at radius 3 is 2.53 bits per heavy atom. The molecule has 13 heteroatoms. The average Bonchev–Trinajstić information content (AvgIpc) is 3.65. The molecule has 2 saturated heterocycles. The lowest BCUT2D eigenvalue weighted by Gasteiger charge is -2.36. The Morgan fingerprint density at radius 1 is 1.07 bits per heavy atom. The number of carbonyl (C=O) groups is 2. The second-order valence-electron chi connectivity index (χ2n) is 10.6. The Bertz CT molecular complexity index is 1700. The van der Waals surface area contributed by atoms with Gasteiger partial charge in [0.1, 0.15) is 6.04 Å². The van der Waals surface area contributed by atoms with E-state index in [-0.39, 0.29) is 23.1 Å². The molecule has 0 radical (unpaired) electrons. The normalized spacial score (nSPS) is 18.7. The SMILES string of the molecule is COc1ccc(-c2cnc3c(Nc4ccc(C(=O)N5CCN(C(=O)[C@H]6NCC[C@H]6O)CC5)c(C)c4)nccn23)c(F)c1F. The first kappa shape index (κ1) is 28.5. The van der Waals surface area contributed by atoms with Gasteiger partial charge >= 0.3 is 0 Å². The molecule has 4 heterocycles. The van der Waals surface area contributed by atoms with Crippen LogP contribution in [0.4, 0.5) is 20.3 Å². The third-order valence-corrected chi connectivity index (χ3v) is 8.02. The van der Waals surface area contributed by atoms with Crippen LogP contribution in [-0.2, 0) is 4.79 Å². The molecule has 11 nitrogen and oxygen atoms in total. The zero-order valence-corrected chi connectivity index (χ0v) is 23.7. The summed E-state index contributed by atoms with van der Waals surface area (Å²) in [6, 6.07) is 7.54. The van der Waals surface area contributed by atoms with Gasteiger partial charge in [-0.25, -0.2) is 14.4 Å². The zero-order chi connectivity index (χ0) is 30.2. The van der Waals surface area contributed by atoms with Crippen molar-refractivity contribution in [3.05, 3.63) is 71.7 Å². The van der Waals surface area contributed by atoms with Crippen LogP contribution in [0.1, 0.15) is 22.3 Å². The minimum Gasteiger partial charge on any atom is -0.494 e. The van der Waals surface area contributed by atoms with Gasteiger partial charge in [-0.1, -0.05) is 0 Å². The third kappa shape index (κ3) is 5.25. The second-order valence-corrected chi connectivity index (χ2v) is 10.6. The summed E-state index contributed by atoms with van der Waals surface area (Å²) >= 11 is 0. The zero-order valence-electron chi connectivity index (χ0n) is 23.7. The number of amides is 2. The molecule has 6 rings (SSSR count). The van der Waals surface area contributed by atoms with Crippen molar-refractivity contribution in [3.8, 4) is 17.0 Å². The number of rotatable bonds is 6. The van der Waals surface area contributed by atoms with Gasteiger partial charge in [-0.2, -0.15) is 4.39 Å². The fraction of sp³-hybridized carbons (Fsp3) is 0.333. The monoisotopic (exact) mass is 591 g/mol. The van der Waals surface area contributed by atoms with Crippen molar-refractivity contribution in [1.29, 1.82) is 0 Å². The van der Waals surface area contributed by atoms with Gasteiger partial charge in [-0.3, -0.25) is 14.0 Å². The minimum atomic E-state index is -1.08. The number of imidazole rings is 1. The van der Waals surface area contributed by atoms with Crippen LogP contribution in [0, 0.1) is 18.6 Å². The highest BCUT2D eigenvalue weighted by molar-refractivity contribution is 5.96. The van der Waals surface area contributed by atoms with Gasteiger partial charge in [0.15, 0.2) is 23.0 Å². The highest BCUT2D eigenvalue weighted by atomic mass is 19.2. The number of ether oxygens (including phenoxy) is 1. The molecule has 4 aromatic rings. The van der Waals surface area contributed by atoms with Crippen LogP contribution in [0.25, 0.3) is 16.9 Å². The summed E-state index contributed by atoms with van der Waals surface area (Å²) < 4.78 is 35.7. The molecule has 224 valence electrons. The van der Waals surface area contributed by atoms with Gasteiger partial charge in [0.2, 0.25) is 11.7 Å². The Labute approximate surface area is 246 Å². The van der Waals surface area contributed by atoms with Crippen LogP contribution >= 0.6 is 0 Å². The molecule has 3 N–H and O–H groups in total. The minimum absolute atomic E-state index is 0.0275. The van der Waals surface area contributed by atoms with Crippen LogP contribution in [-0.4, -0.2) is 93.1 Å². The summed E-state index contributed by atoms with van der Waals surface area (Å²) in [5.41, 5.74) is 2.73. The molecule has 0 spiro atoms. The second kappa shape index (κ2) is 11.6. The van der Waals surface area contributed by atoms with Gasteiger partial charge in [-0.05, 0) is 55.8 Å². The van der Waals surface area contributed by atoms with E-state index in [1.807, 2.05) is 13.0 Å². The van der Waals surface area contributed by atoms with E-state index in [2.05, 4.69) is 20.6 Å². The number of halogens is 2. The summed E-state index contributed by atoms with van der Waals surface area (Å²) in [5, 5.41) is 16.3. The predicted molar refractivity (Wildman–Crippen MR) is 154 cm³/mol. The molecule has 0 unspecified atom stereocenters. The molecule has 2 fully saturated rings. The molecule has 43 heavy (non-hydrogen) atoms. The topological polar surface area (TPSA) is 124 Å². The van der Waals surface area contributed by atoms with Crippen LogP contribution in [0.5, 0.6) is 5.75 Å². The number of fused-ring (bicyclic) bond motifs is 1. The molecular formula is C30H31F2N7O4. The Kier molecular flexibility index (Phi) is 7.67. The summed E-state index contributed by atoms with van der Waals surface area (Å²) in [4.78, 5) is 38.3. The predicted octanol–water partition coefficient (Wildman–Crippen LogP) is 2.74. The van der Waals surface area contributed by atoms with Crippen LogP contribution in [0.15, 0.2) is 48.9 Å². The lowest BCUT2D eigenvalue weighted by Crippen LogP contribution is -2.56. The van der Waals surface area contributed by atoms with E-state index in [0.717, 1.165) is 5.56 Å². The Balaban J connectivity index is 1.16. The van der Waals surface area contributed by atoms with Crippen LogP contribution in [0.2, 0.25) is 0 Å². The molecule has 0 saturated carbocycles. The number of nitrogens with one attached hydrogen (secondary N) is 2. The number of aliphatic hydroxyl groups excluding tert-OH is 1. The maximum atomic E-state index is 14.8. The molecule has 2 aromatic carbocycles. The lowest BCUT2D eigenvalue weighted by atomic mass is 10.1. The number of aliphatic hydroxyl groups is 1. The largest absolute Gasteiger partial charge is 0.494 e. The van der Waals surface area contributed by atoms with Crippen molar-refractivity contribution >= 4 is 29.0 Å². The summed E-state index contributed by atoms with van der Waals surface area (Å²) in [5.74, 6) is -2.17. The van der Waals surface area contributed by atoms with Gasteiger partial charge in [0, 0.05) is 55.4 Å². The fourth-order valence-electron chi connectivity index (χ4n) is 5.65. The highest BCUT2D eigenvalue weighted by Gasteiger charge is 2.36. The smallest absolute Gasteiger partial charge is 0.254 e. The van der Waals surface area contributed by atoms with Gasteiger partial charge in [0.25, 0.3) is 5.91 Å². The quantitative estimate of drug-likeness (QED) is 0.313. The van der Waals surface area contributed by atoms with E-state index >= 15 is 0 Å².